The van der Waals surface area contributed by atoms with E-state index in [0.717, 1.165) is 28.8 Å². The van der Waals surface area contributed by atoms with Crippen molar-refractivity contribution in [2.75, 3.05) is 18.0 Å². The molecule has 0 bridgehead atoms. The molecule has 0 aromatic carbocycles. The lowest BCUT2D eigenvalue weighted by Gasteiger charge is -2.16. The number of nitrogens with zero attached hydrogens (tertiary/aromatic N) is 2. The second kappa shape index (κ2) is 5.61. The number of halogens is 1. The van der Waals surface area contributed by atoms with Gasteiger partial charge in [-0.15, -0.1) is 11.3 Å². The average molecular weight is 291 g/mol. The molecule has 0 fully saturated rings. The number of rotatable bonds is 5. The second-order valence-corrected chi connectivity index (χ2v) is 5.16. The Bertz CT molecular complexity index is 347. The van der Waals surface area contributed by atoms with E-state index in [4.69, 9.17) is 0 Å². The molecule has 1 aromatic rings. The summed E-state index contributed by atoms with van der Waals surface area (Å²) >= 11 is 4.56. The van der Waals surface area contributed by atoms with Crippen molar-refractivity contribution in [3.8, 4) is 0 Å². The molecule has 0 saturated carbocycles. The van der Waals surface area contributed by atoms with Crippen molar-refractivity contribution < 1.29 is 4.79 Å². The third-order valence-electron chi connectivity index (χ3n) is 2.21. The van der Waals surface area contributed by atoms with E-state index in [1.165, 1.54) is 0 Å². The average Bonchev–Trinajstić information content (AvgIpc) is 2.49. The van der Waals surface area contributed by atoms with Crippen LogP contribution in [-0.4, -0.2) is 22.8 Å². The molecule has 0 atom stereocenters. The van der Waals surface area contributed by atoms with E-state index in [1.807, 2.05) is 6.92 Å². The Morgan fingerprint density at radius 3 is 2.53 bits per heavy atom. The second-order valence-electron chi connectivity index (χ2n) is 3.21. The Morgan fingerprint density at radius 1 is 1.47 bits per heavy atom. The zero-order valence-electron chi connectivity index (χ0n) is 9.21. The van der Waals surface area contributed by atoms with Gasteiger partial charge in [0.1, 0.15) is 0 Å². The number of aryl methyl sites for hydroxylation is 1. The van der Waals surface area contributed by atoms with Crippen molar-refractivity contribution in [2.45, 2.75) is 27.2 Å². The van der Waals surface area contributed by atoms with Crippen molar-refractivity contribution in [1.29, 1.82) is 0 Å². The maximum atomic E-state index is 11.0. The summed E-state index contributed by atoms with van der Waals surface area (Å²) in [5.74, 6) is 0. The SMILES string of the molecule is CCN(CC)c1nc(C)c(CC(=O)Br)s1. The van der Waals surface area contributed by atoms with Gasteiger partial charge in [0, 0.05) is 18.0 Å². The van der Waals surface area contributed by atoms with Gasteiger partial charge >= 0.3 is 0 Å². The first-order valence-electron chi connectivity index (χ1n) is 4.98. The Hall–Kier alpha value is -0.420. The summed E-state index contributed by atoms with van der Waals surface area (Å²) in [6.45, 7) is 8.07. The monoisotopic (exact) mass is 290 g/mol. The lowest BCUT2D eigenvalue weighted by Crippen LogP contribution is -2.21. The van der Waals surface area contributed by atoms with Gasteiger partial charge in [0.25, 0.3) is 0 Å². The molecule has 0 saturated heterocycles. The van der Waals surface area contributed by atoms with Crippen LogP contribution >= 0.6 is 27.3 Å². The number of aromatic nitrogens is 1. The summed E-state index contributed by atoms with van der Waals surface area (Å²) in [6.07, 6.45) is 0.435. The molecule has 0 amide bonds. The normalized spacial score (nSPS) is 10.4. The zero-order valence-corrected chi connectivity index (χ0v) is 11.6. The van der Waals surface area contributed by atoms with Crippen LogP contribution in [-0.2, 0) is 11.2 Å². The Balaban J connectivity index is 2.88. The maximum absolute atomic E-state index is 11.0. The van der Waals surface area contributed by atoms with Crippen LogP contribution in [0.5, 0.6) is 0 Å². The smallest absolute Gasteiger partial charge is 0.203 e. The fourth-order valence-electron chi connectivity index (χ4n) is 1.33. The standard InChI is InChI=1S/C10H15BrN2OS/c1-4-13(5-2)10-12-7(3)8(15-10)6-9(11)14/h4-6H2,1-3H3. The number of carbonyl (C=O) groups excluding carboxylic acids is 1. The fourth-order valence-corrected chi connectivity index (χ4v) is 2.99. The summed E-state index contributed by atoms with van der Waals surface area (Å²) in [6, 6.07) is 0. The zero-order chi connectivity index (χ0) is 11.4. The van der Waals surface area contributed by atoms with Gasteiger partial charge in [-0.25, -0.2) is 4.98 Å². The summed E-state index contributed by atoms with van der Waals surface area (Å²) in [5.41, 5.74) is 0.967. The molecule has 5 heteroatoms. The van der Waals surface area contributed by atoms with Gasteiger partial charge in [-0.1, -0.05) is 0 Å². The van der Waals surface area contributed by atoms with E-state index >= 15 is 0 Å². The summed E-state index contributed by atoms with van der Waals surface area (Å²) in [5, 5.41) is 1.02. The highest BCUT2D eigenvalue weighted by Crippen LogP contribution is 2.26. The van der Waals surface area contributed by atoms with E-state index in [0.29, 0.717) is 6.42 Å². The fraction of sp³-hybridized carbons (Fsp3) is 0.600. The van der Waals surface area contributed by atoms with Crippen molar-refractivity contribution in [2.24, 2.45) is 0 Å². The van der Waals surface area contributed by atoms with E-state index in [1.54, 1.807) is 11.3 Å². The molecule has 0 aliphatic rings. The molecule has 3 nitrogen and oxygen atoms in total. The van der Waals surface area contributed by atoms with Crippen molar-refractivity contribution in [3.05, 3.63) is 10.6 Å². The van der Waals surface area contributed by atoms with Crippen molar-refractivity contribution >= 4 is 37.1 Å². The van der Waals surface area contributed by atoms with Gasteiger partial charge in [0.2, 0.25) is 4.69 Å². The highest BCUT2D eigenvalue weighted by molar-refractivity contribution is 9.18. The van der Waals surface area contributed by atoms with Gasteiger partial charge in [-0.2, -0.15) is 0 Å². The Kier molecular flexibility index (Phi) is 4.73. The molecule has 0 radical (unpaired) electrons. The Labute approximate surface area is 103 Å². The van der Waals surface area contributed by atoms with Crippen LogP contribution in [0.15, 0.2) is 0 Å². The summed E-state index contributed by atoms with van der Waals surface area (Å²) < 4.78 is 0.0142. The van der Waals surface area contributed by atoms with Crippen LogP contribution in [0.3, 0.4) is 0 Å². The first-order chi connectivity index (χ1) is 7.08. The summed E-state index contributed by atoms with van der Waals surface area (Å²) in [4.78, 5) is 18.7. The van der Waals surface area contributed by atoms with Gasteiger partial charge in [0.15, 0.2) is 5.13 Å². The lowest BCUT2D eigenvalue weighted by atomic mass is 10.3. The molecule has 84 valence electrons. The lowest BCUT2D eigenvalue weighted by molar-refractivity contribution is -0.109. The third-order valence-corrected chi connectivity index (χ3v) is 3.71. The molecular weight excluding hydrogens is 276 g/mol. The predicted octanol–water partition coefficient (Wildman–Crippen LogP) is 2.76. The molecule has 0 aliphatic carbocycles. The van der Waals surface area contributed by atoms with Gasteiger partial charge in [-0.3, -0.25) is 4.79 Å². The van der Waals surface area contributed by atoms with Gasteiger partial charge in [0.05, 0.1) is 12.1 Å². The van der Waals surface area contributed by atoms with Gasteiger partial charge < -0.3 is 4.90 Å². The molecule has 0 unspecified atom stereocenters. The quantitative estimate of drug-likeness (QED) is 0.782. The number of anilines is 1. The molecule has 15 heavy (non-hydrogen) atoms. The number of hydrogen-bond donors (Lipinski definition) is 0. The van der Waals surface area contributed by atoms with E-state index in [2.05, 4.69) is 39.7 Å². The largest absolute Gasteiger partial charge is 0.349 e. The molecule has 1 rings (SSSR count). The molecule has 0 aliphatic heterocycles. The van der Waals surface area contributed by atoms with E-state index in [-0.39, 0.29) is 4.69 Å². The van der Waals surface area contributed by atoms with Crippen LogP contribution in [0.25, 0.3) is 0 Å². The first-order valence-corrected chi connectivity index (χ1v) is 6.59. The van der Waals surface area contributed by atoms with E-state index in [9.17, 15) is 4.79 Å². The van der Waals surface area contributed by atoms with Gasteiger partial charge in [-0.05, 0) is 36.7 Å². The number of carbonyl (C=O) groups is 1. The third kappa shape index (κ3) is 3.28. The van der Waals surface area contributed by atoms with Crippen molar-refractivity contribution in [1.82, 2.24) is 4.98 Å². The minimum absolute atomic E-state index is 0.0142. The molecule has 1 aromatic heterocycles. The topological polar surface area (TPSA) is 33.2 Å². The van der Waals surface area contributed by atoms with Crippen LogP contribution in [0.4, 0.5) is 5.13 Å². The maximum Gasteiger partial charge on any atom is 0.203 e. The highest BCUT2D eigenvalue weighted by atomic mass is 79.9. The van der Waals surface area contributed by atoms with Crippen LogP contribution in [0, 0.1) is 6.92 Å². The number of thiazole rings is 1. The van der Waals surface area contributed by atoms with Crippen LogP contribution in [0.2, 0.25) is 0 Å². The molecule has 0 N–H and O–H groups in total. The van der Waals surface area contributed by atoms with Crippen LogP contribution < -0.4 is 4.90 Å². The minimum atomic E-state index is 0.0142. The highest BCUT2D eigenvalue weighted by Gasteiger charge is 2.13. The predicted molar refractivity (Wildman–Crippen MR) is 68.1 cm³/mol. The molecular formula is C10H15BrN2OS. The van der Waals surface area contributed by atoms with Crippen LogP contribution in [0.1, 0.15) is 24.4 Å². The molecule has 1 heterocycles. The minimum Gasteiger partial charge on any atom is -0.349 e. The number of hydrogen-bond acceptors (Lipinski definition) is 4. The van der Waals surface area contributed by atoms with E-state index < -0.39 is 0 Å². The summed E-state index contributed by atoms with van der Waals surface area (Å²) in [7, 11) is 0. The van der Waals surface area contributed by atoms with Crippen molar-refractivity contribution in [3.63, 3.8) is 0 Å². The Morgan fingerprint density at radius 2 is 2.07 bits per heavy atom. The first kappa shape index (κ1) is 12.6. The molecule has 0 spiro atoms.